The maximum atomic E-state index is 12.7. The van der Waals surface area contributed by atoms with Gasteiger partial charge in [-0.3, -0.25) is 4.79 Å². The molecule has 7 nitrogen and oxygen atoms in total. The second-order valence-electron chi connectivity index (χ2n) is 7.36. The number of nitrogens with one attached hydrogen (secondary N) is 1. The summed E-state index contributed by atoms with van der Waals surface area (Å²) in [5.74, 6) is -0.0638. The Balaban J connectivity index is 1.80. The van der Waals surface area contributed by atoms with Crippen LogP contribution in [0.1, 0.15) is 28.4 Å². The van der Waals surface area contributed by atoms with Crippen molar-refractivity contribution in [2.75, 3.05) is 19.0 Å². The lowest BCUT2D eigenvalue weighted by Crippen LogP contribution is -2.13. The summed E-state index contributed by atoms with van der Waals surface area (Å²) in [6.45, 7) is 2.61. The van der Waals surface area contributed by atoms with E-state index >= 15 is 0 Å². The Bertz CT molecular complexity index is 1310. The van der Waals surface area contributed by atoms with E-state index in [1.807, 2.05) is 37.3 Å². The van der Waals surface area contributed by atoms with E-state index in [9.17, 15) is 14.9 Å². The molecule has 3 rings (SSSR count). The topological polar surface area (TPSA) is 97.7 Å². The zero-order chi connectivity index (χ0) is 26.1. The first-order chi connectivity index (χ1) is 17.3. The predicted molar refractivity (Wildman–Crippen MR) is 144 cm³/mol. The first-order valence-electron chi connectivity index (χ1n) is 10.8. The third-order valence-electron chi connectivity index (χ3n) is 4.90. The number of esters is 1. The minimum Gasteiger partial charge on any atom is -0.490 e. The van der Waals surface area contributed by atoms with Gasteiger partial charge in [0.25, 0.3) is 5.91 Å². The largest absolute Gasteiger partial charge is 0.490 e. The monoisotopic (exact) mass is 612 g/mol. The van der Waals surface area contributed by atoms with Gasteiger partial charge in [0.15, 0.2) is 11.5 Å². The van der Waals surface area contributed by atoms with Crippen LogP contribution in [0.15, 0.2) is 75.2 Å². The van der Waals surface area contributed by atoms with Gasteiger partial charge in [0.05, 0.1) is 19.3 Å². The number of methoxy groups -OCH3 is 1. The molecule has 36 heavy (non-hydrogen) atoms. The van der Waals surface area contributed by atoms with Crippen molar-refractivity contribution in [2.45, 2.75) is 13.5 Å². The number of nitriles is 1. The number of halogens is 2. The summed E-state index contributed by atoms with van der Waals surface area (Å²) in [5.41, 5.74) is 2.23. The molecule has 0 aliphatic rings. The number of carbonyl (C=O) groups is 2. The SMILES string of the molecule is CCOc1cc(/C=C(\C#N)C(=O)Nc2ccc(C(=O)OC)cc2)c(Br)cc1OCc1ccc(Br)cc1. The lowest BCUT2D eigenvalue weighted by molar-refractivity contribution is -0.112. The number of ether oxygens (including phenoxy) is 3. The van der Waals surface area contributed by atoms with Crippen molar-refractivity contribution in [3.63, 3.8) is 0 Å². The molecule has 0 heterocycles. The highest BCUT2D eigenvalue weighted by atomic mass is 79.9. The molecule has 9 heteroatoms. The van der Waals surface area contributed by atoms with Crippen LogP contribution < -0.4 is 14.8 Å². The van der Waals surface area contributed by atoms with E-state index < -0.39 is 11.9 Å². The first-order valence-corrected chi connectivity index (χ1v) is 12.4. The van der Waals surface area contributed by atoms with Crippen molar-refractivity contribution in [3.05, 3.63) is 91.9 Å². The molecule has 1 N–H and O–H groups in total. The molecule has 0 bridgehead atoms. The zero-order valence-corrected chi connectivity index (χ0v) is 22.7. The fourth-order valence-corrected chi connectivity index (χ4v) is 3.80. The Hall–Kier alpha value is -3.61. The standard InChI is InChI=1S/C27H22Br2N2O5/c1-3-35-24-13-19(23(29)14-25(24)36-16-17-4-8-21(28)9-5-17)12-20(15-30)26(32)31-22-10-6-18(7-11-22)27(33)34-2/h4-14H,3,16H2,1-2H3,(H,31,32)/b20-12+. The summed E-state index contributed by atoms with van der Waals surface area (Å²) in [6, 6.07) is 19.3. The van der Waals surface area contributed by atoms with Crippen LogP contribution in [0.3, 0.4) is 0 Å². The van der Waals surface area contributed by atoms with Crippen LogP contribution >= 0.6 is 31.9 Å². The van der Waals surface area contributed by atoms with Gasteiger partial charge >= 0.3 is 5.97 Å². The molecular weight excluding hydrogens is 592 g/mol. The van der Waals surface area contributed by atoms with Gasteiger partial charge < -0.3 is 19.5 Å². The molecule has 0 unspecified atom stereocenters. The highest BCUT2D eigenvalue weighted by Gasteiger charge is 2.15. The van der Waals surface area contributed by atoms with Crippen molar-refractivity contribution in [1.82, 2.24) is 0 Å². The van der Waals surface area contributed by atoms with Crippen LogP contribution in [0.5, 0.6) is 11.5 Å². The molecule has 0 aromatic heterocycles. The van der Waals surface area contributed by atoms with E-state index in [0.717, 1.165) is 10.0 Å². The fraction of sp³-hybridized carbons (Fsp3) is 0.148. The van der Waals surface area contributed by atoms with Gasteiger partial charge in [0, 0.05) is 14.6 Å². The van der Waals surface area contributed by atoms with Crippen molar-refractivity contribution in [3.8, 4) is 17.6 Å². The molecule has 184 valence electrons. The van der Waals surface area contributed by atoms with Crippen molar-refractivity contribution >= 4 is 55.5 Å². The average molecular weight is 614 g/mol. The number of rotatable bonds is 9. The molecule has 0 atom stereocenters. The molecule has 0 saturated heterocycles. The molecule has 0 aliphatic carbocycles. The van der Waals surface area contributed by atoms with Gasteiger partial charge in [0.2, 0.25) is 0 Å². The molecule has 0 saturated carbocycles. The number of benzene rings is 3. The van der Waals surface area contributed by atoms with E-state index in [-0.39, 0.29) is 5.57 Å². The number of hydrogen-bond acceptors (Lipinski definition) is 6. The molecule has 0 spiro atoms. The smallest absolute Gasteiger partial charge is 0.337 e. The zero-order valence-electron chi connectivity index (χ0n) is 19.5. The Morgan fingerprint density at radius 3 is 2.28 bits per heavy atom. The van der Waals surface area contributed by atoms with Crippen LogP contribution in [0.4, 0.5) is 5.69 Å². The predicted octanol–water partition coefficient (Wildman–Crippen LogP) is 6.52. The number of anilines is 1. The van der Waals surface area contributed by atoms with Crippen molar-refractivity contribution < 1.29 is 23.8 Å². The van der Waals surface area contributed by atoms with E-state index in [2.05, 4.69) is 41.9 Å². The third kappa shape index (κ3) is 7.20. The summed E-state index contributed by atoms with van der Waals surface area (Å²) < 4.78 is 18.0. The summed E-state index contributed by atoms with van der Waals surface area (Å²) in [7, 11) is 1.29. The Morgan fingerprint density at radius 1 is 1.00 bits per heavy atom. The Kier molecular flexibility index (Phi) is 9.68. The average Bonchev–Trinajstić information content (AvgIpc) is 2.88. The molecule has 0 aliphatic heterocycles. The van der Waals surface area contributed by atoms with Crippen molar-refractivity contribution in [1.29, 1.82) is 5.26 Å². The molecule has 0 fully saturated rings. The Morgan fingerprint density at radius 2 is 1.67 bits per heavy atom. The highest BCUT2D eigenvalue weighted by molar-refractivity contribution is 9.10. The highest BCUT2D eigenvalue weighted by Crippen LogP contribution is 2.35. The van der Waals surface area contributed by atoms with Crippen LogP contribution in [0, 0.1) is 11.3 Å². The lowest BCUT2D eigenvalue weighted by atomic mass is 10.1. The van der Waals surface area contributed by atoms with Crippen molar-refractivity contribution in [2.24, 2.45) is 0 Å². The number of nitrogens with zero attached hydrogens (tertiary/aromatic N) is 1. The second-order valence-corrected chi connectivity index (χ2v) is 9.13. The summed E-state index contributed by atoms with van der Waals surface area (Å²) in [6.07, 6.45) is 1.46. The minimum absolute atomic E-state index is 0.112. The van der Waals surface area contributed by atoms with Gasteiger partial charge in [0.1, 0.15) is 18.2 Å². The molecule has 3 aromatic carbocycles. The first kappa shape index (κ1) is 27.0. The lowest BCUT2D eigenvalue weighted by Gasteiger charge is -2.14. The molecular formula is C27H22Br2N2O5. The van der Waals surface area contributed by atoms with Gasteiger partial charge in [-0.1, -0.05) is 44.0 Å². The van der Waals surface area contributed by atoms with Crippen LogP contribution in [-0.4, -0.2) is 25.6 Å². The van der Waals surface area contributed by atoms with Crippen LogP contribution in [0.2, 0.25) is 0 Å². The number of hydrogen-bond donors (Lipinski definition) is 1. The molecule has 3 aromatic rings. The van der Waals surface area contributed by atoms with Crippen LogP contribution in [0.25, 0.3) is 6.08 Å². The van der Waals surface area contributed by atoms with E-state index in [0.29, 0.717) is 46.0 Å². The summed E-state index contributed by atoms with van der Waals surface area (Å²) in [4.78, 5) is 24.3. The van der Waals surface area contributed by atoms with E-state index in [1.165, 1.54) is 25.3 Å². The maximum Gasteiger partial charge on any atom is 0.337 e. The number of amides is 1. The van der Waals surface area contributed by atoms with Gasteiger partial charge in [-0.05, 0) is 72.7 Å². The third-order valence-corrected chi connectivity index (χ3v) is 6.11. The summed E-state index contributed by atoms with van der Waals surface area (Å²) >= 11 is 6.91. The van der Waals surface area contributed by atoms with Gasteiger partial charge in [-0.2, -0.15) is 5.26 Å². The van der Waals surface area contributed by atoms with E-state index in [1.54, 1.807) is 24.3 Å². The van der Waals surface area contributed by atoms with Gasteiger partial charge in [-0.25, -0.2) is 4.79 Å². The molecule has 1 amide bonds. The number of carbonyl (C=O) groups excluding carboxylic acids is 2. The Labute approximate surface area is 225 Å². The van der Waals surface area contributed by atoms with E-state index in [4.69, 9.17) is 9.47 Å². The maximum absolute atomic E-state index is 12.7. The van der Waals surface area contributed by atoms with Crippen LogP contribution in [-0.2, 0) is 16.1 Å². The summed E-state index contributed by atoms with van der Waals surface area (Å²) in [5, 5.41) is 12.3. The quantitative estimate of drug-likeness (QED) is 0.168. The normalized spacial score (nSPS) is 10.8. The second kappa shape index (κ2) is 12.9. The molecule has 0 radical (unpaired) electrons. The minimum atomic E-state index is -0.594. The van der Waals surface area contributed by atoms with Gasteiger partial charge in [-0.15, -0.1) is 0 Å². The fourth-order valence-electron chi connectivity index (χ4n) is 3.09.